The molecule has 2 atom stereocenters. The maximum Gasteiger partial charge on any atom is 0.230 e. The van der Waals surface area contributed by atoms with Gasteiger partial charge in [-0.2, -0.15) is 11.8 Å². The monoisotopic (exact) mass is 257 g/mol. The quantitative estimate of drug-likeness (QED) is 0.716. The lowest BCUT2D eigenvalue weighted by molar-refractivity contribution is -0.119. The molecule has 1 amide bonds. The Morgan fingerprint density at radius 2 is 2.21 bits per heavy atom. The molecule has 0 aromatic rings. The van der Waals surface area contributed by atoms with Crippen LogP contribution in [-0.4, -0.2) is 49.3 Å². The van der Waals surface area contributed by atoms with Crippen LogP contribution in [0.3, 0.4) is 0 Å². The van der Waals surface area contributed by atoms with Crippen molar-refractivity contribution in [2.24, 2.45) is 0 Å². The first-order chi connectivity index (χ1) is 6.44. The smallest absolute Gasteiger partial charge is 0.230 e. The van der Waals surface area contributed by atoms with Gasteiger partial charge >= 0.3 is 0 Å². The van der Waals surface area contributed by atoms with Gasteiger partial charge < -0.3 is 5.32 Å². The van der Waals surface area contributed by atoms with Crippen LogP contribution in [-0.2, 0) is 14.6 Å². The number of halogens is 1. The summed E-state index contributed by atoms with van der Waals surface area (Å²) in [6.07, 6.45) is 1.81. The molecule has 82 valence electrons. The van der Waals surface area contributed by atoms with Gasteiger partial charge in [0.1, 0.15) is 0 Å². The summed E-state index contributed by atoms with van der Waals surface area (Å²) in [7, 11) is -3.06. The average molecular weight is 258 g/mol. The molecule has 1 rings (SSSR count). The van der Waals surface area contributed by atoms with Crippen molar-refractivity contribution in [2.45, 2.75) is 11.4 Å². The molecule has 0 aliphatic carbocycles. The van der Waals surface area contributed by atoms with Crippen molar-refractivity contribution in [1.82, 2.24) is 5.32 Å². The van der Waals surface area contributed by atoms with Gasteiger partial charge in [-0.25, -0.2) is 8.42 Å². The largest absolute Gasteiger partial charge is 0.350 e. The third kappa shape index (κ3) is 3.33. The number of nitrogens with one attached hydrogen (secondary N) is 1. The molecule has 0 saturated carbocycles. The van der Waals surface area contributed by atoms with Crippen LogP contribution in [0.25, 0.3) is 0 Å². The zero-order valence-electron chi connectivity index (χ0n) is 7.70. The van der Waals surface area contributed by atoms with Gasteiger partial charge in [-0.05, 0) is 6.26 Å². The molecule has 0 radical (unpaired) electrons. The van der Waals surface area contributed by atoms with Crippen LogP contribution in [0.15, 0.2) is 0 Å². The van der Waals surface area contributed by atoms with Gasteiger partial charge in [0.25, 0.3) is 0 Å². The molecule has 0 aromatic carbocycles. The predicted molar refractivity (Wildman–Crippen MR) is 58.6 cm³/mol. The Balaban J connectivity index is 2.51. The van der Waals surface area contributed by atoms with E-state index in [4.69, 9.17) is 11.6 Å². The predicted octanol–water partition coefficient (Wildman–Crippen LogP) is -0.130. The lowest BCUT2D eigenvalue weighted by Crippen LogP contribution is -2.41. The molecule has 0 aromatic heterocycles. The summed E-state index contributed by atoms with van der Waals surface area (Å²) >= 11 is 7.20. The van der Waals surface area contributed by atoms with E-state index in [0.29, 0.717) is 5.75 Å². The van der Waals surface area contributed by atoms with E-state index in [0.717, 1.165) is 0 Å². The number of amides is 1. The highest BCUT2D eigenvalue weighted by molar-refractivity contribution is 7.99. The number of thioether (sulfide) groups is 1. The van der Waals surface area contributed by atoms with Gasteiger partial charge in [0.2, 0.25) is 5.91 Å². The van der Waals surface area contributed by atoms with Crippen LogP contribution in [0, 0.1) is 0 Å². The Labute approximate surface area is 92.7 Å². The number of carbonyl (C=O) groups excluding carboxylic acids is 1. The highest BCUT2D eigenvalue weighted by Gasteiger charge is 2.37. The minimum Gasteiger partial charge on any atom is -0.350 e. The second-order valence-corrected chi connectivity index (χ2v) is 6.78. The molecule has 2 unspecified atom stereocenters. The summed E-state index contributed by atoms with van der Waals surface area (Å²) in [5.74, 6) is 0.0884. The van der Waals surface area contributed by atoms with E-state index < -0.39 is 21.3 Å². The van der Waals surface area contributed by atoms with Crippen molar-refractivity contribution in [3.63, 3.8) is 0 Å². The van der Waals surface area contributed by atoms with Gasteiger partial charge in [0.15, 0.2) is 9.84 Å². The maximum absolute atomic E-state index is 11.2. The molecule has 7 heteroatoms. The second kappa shape index (κ2) is 4.72. The van der Waals surface area contributed by atoms with E-state index in [1.54, 1.807) is 0 Å². The molecule has 14 heavy (non-hydrogen) atoms. The molecule has 1 heterocycles. The van der Waals surface area contributed by atoms with Crippen molar-refractivity contribution in [2.75, 3.05) is 23.5 Å². The van der Waals surface area contributed by atoms with Crippen LogP contribution < -0.4 is 5.32 Å². The van der Waals surface area contributed by atoms with Crippen molar-refractivity contribution in [1.29, 1.82) is 0 Å². The fraction of sp³-hybridized carbons (Fsp3) is 0.857. The average Bonchev–Trinajstić information content (AvgIpc) is 2.25. The summed E-state index contributed by atoms with van der Waals surface area (Å²) < 4.78 is 22.3. The first-order valence-electron chi connectivity index (χ1n) is 4.07. The molecule has 1 fully saturated rings. The molecule has 1 aliphatic heterocycles. The SMILES string of the molecule is CSCC(=O)NC1CS(=O)(=O)CC1Cl. The summed E-state index contributed by atoms with van der Waals surface area (Å²) in [5.41, 5.74) is 0. The summed E-state index contributed by atoms with van der Waals surface area (Å²) in [4.78, 5) is 11.2. The van der Waals surface area contributed by atoms with Crippen LogP contribution in [0.1, 0.15) is 0 Å². The number of carbonyl (C=O) groups is 1. The van der Waals surface area contributed by atoms with Crippen molar-refractivity contribution < 1.29 is 13.2 Å². The summed E-state index contributed by atoms with van der Waals surface area (Å²) in [6, 6.07) is -0.429. The normalized spacial score (nSPS) is 30.1. The fourth-order valence-electron chi connectivity index (χ4n) is 1.32. The van der Waals surface area contributed by atoms with E-state index in [-0.39, 0.29) is 17.4 Å². The van der Waals surface area contributed by atoms with Crippen molar-refractivity contribution in [3.05, 3.63) is 0 Å². The van der Waals surface area contributed by atoms with Gasteiger partial charge in [-0.1, -0.05) is 0 Å². The first kappa shape index (κ1) is 12.1. The Morgan fingerprint density at radius 1 is 1.57 bits per heavy atom. The topological polar surface area (TPSA) is 63.2 Å². The molecule has 1 N–H and O–H groups in total. The number of alkyl halides is 1. The minimum atomic E-state index is -3.06. The van der Waals surface area contributed by atoms with E-state index >= 15 is 0 Å². The van der Waals surface area contributed by atoms with Crippen molar-refractivity contribution >= 4 is 39.1 Å². The fourth-order valence-corrected chi connectivity index (χ4v) is 4.21. The Kier molecular flexibility index (Phi) is 4.09. The molecule has 1 saturated heterocycles. The van der Waals surface area contributed by atoms with Gasteiger partial charge in [0, 0.05) is 0 Å². The lowest BCUT2D eigenvalue weighted by Gasteiger charge is -2.13. The molecule has 0 spiro atoms. The molecular formula is C7H12ClNO3S2. The Bertz CT molecular complexity index is 317. The number of rotatable bonds is 3. The van der Waals surface area contributed by atoms with Crippen molar-refractivity contribution in [3.8, 4) is 0 Å². The highest BCUT2D eigenvalue weighted by Crippen LogP contribution is 2.17. The zero-order valence-corrected chi connectivity index (χ0v) is 10.1. The second-order valence-electron chi connectivity index (χ2n) is 3.20. The number of hydrogen-bond donors (Lipinski definition) is 1. The van der Waals surface area contributed by atoms with E-state index in [2.05, 4.69) is 5.32 Å². The molecule has 0 bridgehead atoms. The minimum absolute atomic E-state index is 0.0404. The lowest BCUT2D eigenvalue weighted by atomic mass is 10.2. The molecule has 4 nitrogen and oxygen atoms in total. The highest BCUT2D eigenvalue weighted by atomic mass is 35.5. The standard InChI is InChI=1S/C7H12ClNO3S2/c1-13-2-7(10)9-6-4-14(11,12)3-5(6)8/h5-6H,2-4H2,1H3,(H,9,10). The van der Waals surface area contributed by atoms with Gasteiger partial charge in [-0.15, -0.1) is 11.6 Å². The third-order valence-electron chi connectivity index (χ3n) is 1.91. The molecular weight excluding hydrogens is 246 g/mol. The maximum atomic E-state index is 11.2. The van der Waals surface area contributed by atoms with Crippen LogP contribution in [0.5, 0.6) is 0 Å². The van der Waals surface area contributed by atoms with E-state index in [9.17, 15) is 13.2 Å². The zero-order chi connectivity index (χ0) is 10.8. The Morgan fingerprint density at radius 3 is 2.64 bits per heavy atom. The summed E-state index contributed by atoms with van der Waals surface area (Å²) in [6.45, 7) is 0. The van der Waals surface area contributed by atoms with Crippen LogP contribution in [0.4, 0.5) is 0 Å². The Hall–Kier alpha value is 0.0600. The van der Waals surface area contributed by atoms with Crippen LogP contribution >= 0.6 is 23.4 Å². The van der Waals surface area contributed by atoms with Gasteiger partial charge in [-0.3, -0.25) is 4.79 Å². The first-order valence-corrected chi connectivity index (χ1v) is 7.72. The molecule has 1 aliphatic rings. The number of sulfone groups is 1. The third-order valence-corrected chi connectivity index (χ3v) is 4.83. The van der Waals surface area contributed by atoms with Gasteiger partial charge in [0.05, 0.1) is 28.7 Å². The van der Waals surface area contributed by atoms with E-state index in [1.165, 1.54) is 11.8 Å². The van der Waals surface area contributed by atoms with E-state index in [1.807, 2.05) is 6.26 Å². The number of hydrogen-bond acceptors (Lipinski definition) is 4. The van der Waals surface area contributed by atoms with Crippen LogP contribution in [0.2, 0.25) is 0 Å². The summed E-state index contributed by atoms with van der Waals surface area (Å²) in [5, 5.41) is 2.12.